The SMILES string of the molecule is C=C[C@@](N)(C[C@H](C)N1C(=O)C(N2CC[C@H](N(C)CC(=O)O)C2)=NC2=CC=CC=C1C2)N(C(C)C)C1CCCCCCC1. The molecule has 2 bridgehead atoms. The Morgan fingerprint density at radius 1 is 1.14 bits per heavy atom. The van der Waals surface area contributed by atoms with E-state index in [1.165, 1.54) is 32.1 Å². The van der Waals surface area contributed by atoms with Gasteiger partial charge in [-0.05, 0) is 59.2 Å². The third kappa shape index (κ3) is 7.41. The molecule has 4 rings (SSSR count). The number of carbonyl (C=O) groups excluding carboxylic acids is 1. The number of aliphatic imine (C=N–C) groups is 1. The van der Waals surface area contributed by atoms with Crippen LogP contribution in [0.25, 0.3) is 0 Å². The van der Waals surface area contributed by atoms with E-state index in [4.69, 9.17) is 10.7 Å². The number of carboxylic acids is 1. The highest BCUT2D eigenvalue weighted by atomic mass is 16.4. The molecule has 9 heteroatoms. The monoisotopic (exact) mass is 580 g/mol. The summed E-state index contributed by atoms with van der Waals surface area (Å²) in [5.41, 5.74) is 8.27. The highest BCUT2D eigenvalue weighted by molar-refractivity contribution is 6.38. The number of nitrogens with zero attached hydrogens (tertiary/aromatic N) is 5. The number of aliphatic carboxylic acids is 1. The number of amides is 1. The summed E-state index contributed by atoms with van der Waals surface area (Å²) in [5.74, 6) is -0.544. The van der Waals surface area contributed by atoms with E-state index in [0.29, 0.717) is 37.8 Å². The summed E-state index contributed by atoms with van der Waals surface area (Å²) in [6.07, 6.45) is 20.3. The number of rotatable bonds is 10. The summed E-state index contributed by atoms with van der Waals surface area (Å²) in [6, 6.07) is 0.462. The zero-order valence-corrected chi connectivity index (χ0v) is 26.2. The molecule has 0 aromatic carbocycles. The standard InChI is InChI=1S/C33H52N6O3/c1-6-33(34,39(24(2)3)27-15-10-8-7-9-11-16-27)21-25(4)38-28-17-13-12-14-26(20-28)35-31(32(38)42)37-19-18-29(22-37)36(5)23-30(40)41/h6,12-14,17,24-25,27,29H,1,7-11,15-16,18-23,34H2,2-5H3,(H,40,41)/t25-,29-,33-/m0/s1. The maximum absolute atomic E-state index is 14.4. The van der Waals surface area contributed by atoms with Gasteiger partial charge in [0.05, 0.1) is 12.2 Å². The van der Waals surface area contributed by atoms with Crippen molar-refractivity contribution in [1.82, 2.24) is 19.6 Å². The molecule has 1 saturated heterocycles. The molecule has 0 spiro atoms. The highest BCUT2D eigenvalue weighted by Crippen LogP contribution is 2.34. The Hall–Kier alpha value is -2.75. The van der Waals surface area contributed by atoms with Crippen LogP contribution in [0.1, 0.15) is 85.0 Å². The molecule has 2 heterocycles. The van der Waals surface area contributed by atoms with Crippen molar-refractivity contribution in [3.05, 3.63) is 48.4 Å². The molecule has 0 radical (unpaired) electrons. The molecule has 9 nitrogen and oxygen atoms in total. The number of hydrogen-bond acceptors (Lipinski definition) is 7. The molecule has 0 aromatic rings. The van der Waals surface area contributed by atoms with Gasteiger partial charge in [-0.15, -0.1) is 0 Å². The average molecular weight is 581 g/mol. The van der Waals surface area contributed by atoms with Gasteiger partial charge < -0.3 is 20.6 Å². The minimum atomic E-state index is -0.852. The predicted octanol–water partition coefficient (Wildman–Crippen LogP) is 4.49. The minimum Gasteiger partial charge on any atom is -0.480 e. The van der Waals surface area contributed by atoms with Crippen LogP contribution in [0, 0.1) is 0 Å². The zero-order valence-electron chi connectivity index (χ0n) is 26.2. The lowest BCUT2D eigenvalue weighted by Gasteiger charge is -2.49. The van der Waals surface area contributed by atoms with Gasteiger partial charge in [-0.25, -0.2) is 4.99 Å². The van der Waals surface area contributed by atoms with Gasteiger partial charge in [-0.1, -0.05) is 56.9 Å². The van der Waals surface area contributed by atoms with Gasteiger partial charge in [-0.2, -0.15) is 0 Å². The molecule has 3 atom stereocenters. The van der Waals surface area contributed by atoms with Crippen molar-refractivity contribution in [2.75, 3.05) is 26.7 Å². The van der Waals surface area contributed by atoms with Gasteiger partial charge >= 0.3 is 5.97 Å². The first kappa shape index (κ1) is 32.2. The number of carboxylic acid groups (broad SMARTS) is 1. The Balaban J connectivity index is 1.60. The maximum atomic E-state index is 14.4. The molecule has 0 aromatic heterocycles. The fraction of sp³-hybridized carbons (Fsp3) is 0.667. The molecule has 2 aliphatic heterocycles. The molecule has 4 aliphatic rings. The number of likely N-dealkylation sites (N-methyl/N-ethyl adjacent to an activating group) is 1. The number of amidine groups is 1. The second kappa shape index (κ2) is 14.1. The maximum Gasteiger partial charge on any atom is 0.317 e. The highest BCUT2D eigenvalue weighted by Gasteiger charge is 2.42. The van der Waals surface area contributed by atoms with Crippen LogP contribution in [-0.4, -0.2) is 98.9 Å². The molecule has 1 saturated carbocycles. The van der Waals surface area contributed by atoms with Crippen LogP contribution in [0.5, 0.6) is 0 Å². The predicted molar refractivity (Wildman–Crippen MR) is 169 cm³/mol. The summed E-state index contributed by atoms with van der Waals surface area (Å²) in [5, 5.41) is 9.28. The van der Waals surface area contributed by atoms with E-state index in [1.807, 2.05) is 52.1 Å². The number of fused-ring (bicyclic) bond motifs is 2. The third-order valence-electron chi connectivity index (χ3n) is 9.41. The molecule has 1 amide bonds. The molecule has 42 heavy (non-hydrogen) atoms. The van der Waals surface area contributed by atoms with Crippen molar-refractivity contribution in [1.29, 1.82) is 0 Å². The first-order chi connectivity index (χ1) is 20.0. The topological polar surface area (TPSA) is 106 Å². The van der Waals surface area contributed by atoms with Gasteiger partial charge in [-0.3, -0.25) is 19.4 Å². The normalized spacial score (nSPS) is 24.4. The number of allylic oxidation sites excluding steroid dienone is 4. The fourth-order valence-electron chi connectivity index (χ4n) is 7.44. The van der Waals surface area contributed by atoms with E-state index >= 15 is 0 Å². The van der Waals surface area contributed by atoms with Crippen molar-refractivity contribution in [2.24, 2.45) is 10.7 Å². The van der Waals surface area contributed by atoms with E-state index < -0.39 is 11.6 Å². The molecule has 3 N–H and O–H groups in total. The van der Waals surface area contributed by atoms with Crippen LogP contribution in [0.2, 0.25) is 0 Å². The minimum absolute atomic E-state index is 0.0294. The zero-order chi connectivity index (χ0) is 30.4. The largest absolute Gasteiger partial charge is 0.480 e. The second-order valence-electron chi connectivity index (χ2n) is 12.9. The molecule has 0 unspecified atom stereocenters. The first-order valence-electron chi connectivity index (χ1n) is 15.9. The smallest absolute Gasteiger partial charge is 0.317 e. The summed E-state index contributed by atoms with van der Waals surface area (Å²) < 4.78 is 0. The lowest BCUT2D eigenvalue weighted by Crippen LogP contribution is -2.63. The average Bonchev–Trinajstić information content (AvgIpc) is 3.22. The Labute approximate surface area is 252 Å². The molecular weight excluding hydrogens is 528 g/mol. The third-order valence-corrected chi connectivity index (χ3v) is 9.41. The van der Waals surface area contributed by atoms with Gasteiger partial charge in [0.2, 0.25) is 0 Å². The van der Waals surface area contributed by atoms with Gasteiger partial charge in [0, 0.05) is 61.5 Å². The van der Waals surface area contributed by atoms with Crippen LogP contribution in [0.4, 0.5) is 0 Å². The van der Waals surface area contributed by atoms with E-state index in [-0.39, 0.29) is 30.6 Å². The van der Waals surface area contributed by atoms with Crippen LogP contribution in [-0.2, 0) is 9.59 Å². The van der Waals surface area contributed by atoms with Gasteiger partial charge in [0.1, 0.15) is 0 Å². The van der Waals surface area contributed by atoms with Crippen molar-refractivity contribution >= 4 is 17.7 Å². The lowest BCUT2D eigenvalue weighted by atomic mass is 9.89. The molecule has 2 aliphatic carbocycles. The van der Waals surface area contributed by atoms with E-state index in [9.17, 15) is 14.7 Å². The quantitative estimate of drug-likeness (QED) is 0.290. The summed E-state index contributed by atoms with van der Waals surface area (Å²) in [6.45, 7) is 11.9. The number of carbonyl (C=O) groups is 2. The number of hydrogen-bond donors (Lipinski definition) is 2. The van der Waals surface area contributed by atoms with Crippen LogP contribution in [0.3, 0.4) is 0 Å². The van der Waals surface area contributed by atoms with Crippen LogP contribution >= 0.6 is 0 Å². The van der Waals surface area contributed by atoms with Crippen LogP contribution < -0.4 is 5.73 Å². The Morgan fingerprint density at radius 2 is 1.81 bits per heavy atom. The molecule has 232 valence electrons. The van der Waals surface area contributed by atoms with Gasteiger partial charge in [0.25, 0.3) is 5.91 Å². The first-order valence-corrected chi connectivity index (χ1v) is 15.9. The van der Waals surface area contributed by atoms with Crippen molar-refractivity contribution in [3.63, 3.8) is 0 Å². The fourth-order valence-corrected chi connectivity index (χ4v) is 7.44. The van der Waals surface area contributed by atoms with Gasteiger partial charge in [0.15, 0.2) is 5.84 Å². The summed E-state index contributed by atoms with van der Waals surface area (Å²) >= 11 is 0. The van der Waals surface area contributed by atoms with E-state index in [2.05, 4.69) is 32.3 Å². The number of nitrogens with two attached hydrogens (primary N) is 1. The lowest BCUT2D eigenvalue weighted by molar-refractivity contribution is -0.138. The Bertz CT molecular complexity index is 1120. The summed E-state index contributed by atoms with van der Waals surface area (Å²) in [7, 11) is 1.83. The van der Waals surface area contributed by atoms with Crippen molar-refractivity contribution < 1.29 is 14.7 Å². The second-order valence-corrected chi connectivity index (χ2v) is 12.9. The summed E-state index contributed by atoms with van der Waals surface area (Å²) in [4.78, 5) is 38.9. The van der Waals surface area contributed by atoms with Crippen LogP contribution in [0.15, 0.2) is 53.3 Å². The number of likely N-dealkylation sites (tertiary alicyclic amines) is 1. The van der Waals surface area contributed by atoms with E-state index in [0.717, 1.165) is 30.7 Å². The Kier molecular flexibility index (Phi) is 10.8. The molecule has 2 fully saturated rings. The Morgan fingerprint density at radius 3 is 2.45 bits per heavy atom. The van der Waals surface area contributed by atoms with Crippen molar-refractivity contribution in [3.8, 4) is 0 Å². The van der Waals surface area contributed by atoms with E-state index in [1.54, 1.807) is 0 Å². The molecular formula is C33H52N6O3. The van der Waals surface area contributed by atoms with Crippen molar-refractivity contribution in [2.45, 2.75) is 115 Å².